The van der Waals surface area contributed by atoms with Gasteiger partial charge in [0.2, 0.25) is 0 Å². The molecule has 4 nitrogen and oxygen atoms in total. The maximum Gasteiger partial charge on any atom is 0.122 e. The van der Waals surface area contributed by atoms with Gasteiger partial charge >= 0.3 is 0 Å². The number of ether oxygens (including phenoxy) is 1. The Labute approximate surface area is 109 Å². The van der Waals surface area contributed by atoms with Crippen LogP contribution >= 0.6 is 0 Å². The lowest BCUT2D eigenvalue weighted by Gasteiger charge is -2.27. The molecule has 2 atom stereocenters. The SMILES string of the molecule is COc1ccccc1CC(C)N(C)CC(N)CO. The van der Waals surface area contributed by atoms with Crippen molar-refractivity contribution >= 4 is 0 Å². The molecule has 2 unspecified atom stereocenters. The number of aliphatic hydroxyl groups is 1. The molecule has 18 heavy (non-hydrogen) atoms. The van der Waals surface area contributed by atoms with E-state index < -0.39 is 0 Å². The Hall–Kier alpha value is -1.10. The van der Waals surface area contributed by atoms with Gasteiger partial charge in [-0.05, 0) is 32.0 Å². The Morgan fingerprint density at radius 3 is 2.67 bits per heavy atom. The number of nitrogens with two attached hydrogens (primary N) is 1. The van der Waals surface area contributed by atoms with Gasteiger partial charge in [-0.1, -0.05) is 18.2 Å². The molecule has 0 aromatic heterocycles. The molecule has 0 aliphatic heterocycles. The largest absolute Gasteiger partial charge is 0.496 e. The van der Waals surface area contributed by atoms with Crippen LogP contribution in [0.15, 0.2) is 24.3 Å². The average molecular weight is 252 g/mol. The van der Waals surface area contributed by atoms with E-state index >= 15 is 0 Å². The van der Waals surface area contributed by atoms with Gasteiger partial charge in [-0.3, -0.25) is 0 Å². The summed E-state index contributed by atoms with van der Waals surface area (Å²) in [5, 5.41) is 8.97. The highest BCUT2D eigenvalue weighted by molar-refractivity contribution is 5.33. The van der Waals surface area contributed by atoms with Crippen LogP contribution in [-0.4, -0.2) is 49.4 Å². The van der Waals surface area contributed by atoms with Crippen LogP contribution < -0.4 is 10.5 Å². The van der Waals surface area contributed by atoms with Gasteiger partial charge in [0, 0.05) is 18.6 Å². The summed E-state index contributed by atoms with van der Waals surface area (Å²) in [5.74, 6) is 0.921. The zero-order chi connectivity index (χ0) is 13.5. The van der Waals surface area contributed by atoms with Crippen molar-refractivity contribution < 1.29 is 9.84 Å². The molecule has 0 aliphatic carbocycles. The third-order valence-corrected chi connectivity index (χ3v) is 3.22. The van der Waals surface area contributed by atoms with Crippen molar-refractivity contribution in [1.29, 1.82) is 0 Å². The predicted molar refractivity (Wildman–Crippen MR) is 73.9 cm³/mol. The number of hydrogen-bond acceptors (Lipinski definition) is 4. The van der Waals surface area contributed by atoms with Gasteiger partial charge in [-0.15, -0.1) is 0 Å². The summed E-state index contributed by atoms with van der Waals surface area (Å²) in [4.78, 5) is 2.16. The van der Waals surface area contributed by atoms with Gasteiger partial charge in [0.15, 0.2) is 0 Å². The fourth-order valence-electron chi connectivity index (χ4n) is 1.95. The van der Waals surface area contributed by atoms with E-state index in [9.17, 15) is 0 Å². The molecule has 0 saturated carbocycles. The molecular formula is C14H24N2O2. The smallest absolute Gasteiger partial charge is 0.122 e. The number of hydrogen-bond donors (Lipinski definition) is 2. The molecule has 4 heteroatoms. The topological polar surface area (TPSA) is 58.7 Å². The summed E-state index contributed by atoms with van der Waals surface area (Å²) >= 11 is 0. The monoisotopic (exact) mass is 252 g/mol. The summed E-state index contributed by atoms with van der Waals surface area (Å²) in [6.45, 7) is 2.86. The van der Waals surface area contributed by atoms with E-state index in [2.05, 4.69) is 17.9 Å². The van der Waals surface area contributed by atoms with Crippen molar-refractivity contribution in [3.8, 4) is 5.75 Å². The van der Waals surface area contributed by atoms with Crippen molar-refractivity contribution in [2.45, 2.75) is 25.4 Å². The van der Waals surface area contributed by atoms with Gasteiger partial charge in [0.25, 0.3) is 0 Å². The number of benzene rings is 1. The Balaban J connectivity index is 2.60. The molecule has 0 radical (unpaired) electrons. The van der Waals surface area contributed by atoms with Crippen LogP contribution in [0.3, 0.4) is 0 Å². The van der Waals surface area contributed by atoms with Crippen molar-refractivity contribution in [2.75, 3.05) is 27.3 Å². The van der Waals surface area contributed by atoms with Crippen LogP contribution in [0.4, 0.5) is 0 Å². The lowest BCUT2D eigenvalue weighted by Crippen LogP contribution is -2.42. The van der Waals surface area contributed by atoms with Crippen LogP contribution in [0.5, 0.6) is 5.75 Å². The van der Waals surface area contributed by atoms with Gasteiger partial charge in [-0.25, -0.2) is 0 Å². The summed E-state index contributed by atoms with van der Waals surface area (Å²) in [7, 11) is 3.71. The Morgan fingerprint density at radius 2 is 2.06 bits per heavy atom. The second-order valence-electron chi connectivity index (χ2n) is 4.75. The Bertz CT molecular complexity index is 357. The number of para-hydroxylation sites is 1. The van der Waals surface area contributed by atoms with Crippen molar-refractivity contribution in [1.82, 2.24) is 4.90 Å². The third kappa shape index (κ3) is 4.29. The molecule has 1 aromatic carbocycles. The minimum Gasteiger partial charge on any atom is -0.496 e. The highest BCUT2D eigenvalue weighted by Crippen LogP contribution is 2.20. The number of likely N-dealkylation sites (N-methyl/N-ethyl adjacent to an activating group) is 1. The van der Waals surface area contributed by atoms with E-state index in [1.54, 1.807) is 7.11 Å². The highest BCUT2D eigenvalue weighted by atomic mass is 16.5. The van der Waals surface area contributed by atoms with Crippen LogP contribution in [-0.2, 0) is 6.42 Å². The fraction of sp³-hybridized carbons (Fsp3) is 0.571. The molecule has 0 fully saturated rings. The molecule has 0 heterocycles. The molecule has 0 saturated heterocycles. The van der Waals surface area contributed by atoms with Crippen molar-refractivity contribution in [2.24, 2.45) is 5.73 Å². The van der Waals surface area contributed by atoms with Gasteiger partial charge in [0.1, 0.15) is 5.75 Å². The van der Waals surface area contributed by atoms with E-state index in [4.69, 9.17) is 15.6 Å². The van der Waals surface area contributed by atoms with Crippen molar-refractivity contribution in [3.63, 3.8) is 0 Å². The molecule has 1 rings (SSSR count). The van der Waals surface area contributed by atoms with E-state index in [0.717, 1.165) is 12.2 Å². The Kier molecular flexibility index (Phi) is 6.12. The molecule has 102 valence electrons. The number of methoxy groups -OCH3 is 1. The first-order valence-electron chi connectivity index (χ1n) is 6.27. The standard InChI is InChI=1S/C14H24N2O2/c1-11(16(2)9-13(15)10-17)8-12-6-4-5-7-14(12)18-3/h4-7,11,13,17H,8-10,15H2,1-3H3. The first-order valence-corrected chi connectivity index (χ1v) is 6.27. The van der Waals surface area contributed by atoms with E-state index in [1.165, 1.54) is 5.56 Å². The molecular weight excluding hydrogens is 228 g/mol. The van der Waals surface area contributed by atoms with E-state index in [1.807, 2.05) is 25.2 Å². The van der Waals surface area contributed by atoms with Gasteiger partial charge in [-0.2, -0.15) is 0 Å². The molecule has 1 aromatic rings. The lowest BCUT2D eigenvalue weighted by atomic mass is 10.0. The number of nitrogens with zero attached hydrogens (tertiary/aromatic N) is 1. The fourth-order valence-corrected chi connectivity index (χ4v) is 1.95. The van der Waals surface area contributed by atoms with E-state index in [-0.39, 0.29) is 12.6 Å². The maximum atomic E-state index is 8.97. The minimum atomic E-state index is -0.185. The molecule has 0 amide bonds. The number of rotatable bonds is 7. The third-order valence-electron chi connectivity index (χ3n) is 3.22. The first-order chi connectivity index (χ1) is 8.58. The summed E-state index contributed by atoms with van der Waals surface area (Å²) < 4.78 is 5.35. The normalized spacial score (nSPS) is 14.6. The summed E-state index contributed by atoms with van der Waals surface area (Å²) in [6.07, 6.45) is 0.901. The second kappa shape index (κ2) is 7.36. The highest BCUT2D eigenvalue weighted by Gasteiger charge is 2.14. The first kappa shape index (κ1) is 15.0. The lowest BCUT2D eigenvalue weighted by molar-refractivity contribution is 0.193. The van der Waals surface area contributed by atoms with E-state index in [0.29, 0.717) is 12.6 Å². The molecule has 0 aliphatic rings. The molecule has 0 bridgehead atoms. The van der Waals surface area contributed by atoms with Crippen LogP contribution in [0.2, 0.25) is 0 Å². The molecule has 0 spiro atoms. The molecule has 3 N–H and O–H groups in total. The average Bonchev–Trinajstić information content (AvgIpc) is 2.39. The zero-order valence-corrected chi connectivity index (χ0v) is 11.5. The van der Waals surface area contributed by atoms with Crippen molar-refractivity contribution in [3.05, 3.63) is 29.8 Å². The minimum absolute atomic E-state index is 0.0196. The maximum absolute atomic E-state index is 8.97. The second-order valence-corrected chi connectivity index (χ2v) is 4.75. The zero-order valence-electron chi connectivity index (χ0n) is 11.5. The van der Waals surface area contributed by atoms with Crippen LogP contribution in [0.25, 0.3) is 0 Å². The predicted octanol–water partition coefficient (Wildman–Crippen LogP) is 0.878. The van der Waals surface area contributed by atoms with Crippen LogP contribution in [0, 0.1) is 0 Å². The number of aliphatic hydroxyl groups excluding tert-OH is 1. The quantitative estimate of drug-likeness (QED) is 0.756. The summed E-state index contributed by atoms with van der Waals surface area (Å²) in [5.41, 5.74) is 6.94. The van der Waals surface area contributed by atoms with Crippen LogP contribution in [0.1, 0.15) is 12.5 Å². The summed E-state index contributed by atoms with van der Waals surface area (Å²) in [6, 6.07) is 8.20. The Morgan fingerprint density at radius 1 is 1.39 bits per heavy atom. The van der Waals surface area contributed by atoms with Gasteiger partial charge in [0.05, 0.1) is 13.7 Å². The van der Waals surface area contributed by atoms with Gasteiger partial charge < -0.3 is 20.5 Å².